The summed E-state index contributed by atoms with van der Waals surface area (Å²) in [6.07, 6.45) is 7.90. The summed E-state index contributed by atoms with van der Waals surface area (Å²) in [5.41, 5.74) is 3.01. The highest BCUT2D eigenvalue weighted by Gasteiger charge is 2.25. The summed E-state index contributed by atoms with van der Waals surface area (Å²) < 4.78 is 2.01. The minimum atomic E-state index is 0. The van der Waals surface area contributed by atoms with Gasteiger partial charge in [-0.1, -0.05) is 36.7 Å². The van der Waals surface area contributed by atoms with E-state index in [0.717, 1.165) is 39.3 Å². The monoisotopic (exact) mass is 397 g/mol. The molecule has 1 aliphatic carbocycles. The van der Waals surface area contributed by atoms with Crippen molar-refractivity contribution in [1.82, 2.24) is 14.3 Å². The summed E-state index contributed by atoms with van der Waals surface area (Å²) in [5, 5.41) is 0. The summed E-state index contributed by atoms with van der Waals surface area (Å²) in [6.45, 7) is 0. The molecule has 0 radical (unpaired) electrons. The fourth-order valence-corrected chi connectivity index (χ4v) is 4.69. The van der Waals surface area contributed by atoms with E-state index in [4.69, 9.17) is 11.6 Å². The Kier molecular flexibility index (Phi) is 5.56. The third-order valence-corrected chi connectivity index (χ3v) is 6.26. The molecule has 0 saturated heterocycles. The number of carbonyl (C=O) groups is 1. The lowest BCUT2D eigenvalue weighted by molar-refractivity contribution is 0.0701. The Hall–Kier alpha value is -1.30. The lowest BCUT2D eigenvalue weighted by Crippen LogP contribution is -2.37. The van der Waals surface area contributed by atoms with E-state index in [2.05, 4.69) is 4.98 Å². The molecule has 1 fully saturated rings. The molecule has 1 aliphatic rings. The molecule has 134 valence electrons. The zero-order chi connectivity index (χ0) is 16.7. The number of benzene rings is 1. The van der Waals surface area contributed by atoms with Crippen LogP contribution >= 0.6 is 35.3 Å². The molecule has 1 aromatic carbocycles. The van der Waals surface area contributed by atoms with Gasteiger partial charge in [-0.05, 0) is 30.5 Å². The van der Waals surface area contributed by atoms with Crippen molar-refractivity contribution in [3.63, 3.8) is 0 Å². The van der Waals surface area contributed by atoms with Crippen LogP contribution in [0.4, 0.5) is 0 Å². The standard InChI is InChI=1S/C18H20ClN3OS.ClH/c1-21(13-5-3-2-4-6-13)17(23)16-11-22-15-9-12(10-19)7-8-14(15)20-18(22)24-16;/h7-9,11,13H,2-6,10H2,1H3;1H. The smallest absolute Gasteiger partial charge is 0.265 e. The van der Waals surface area contributed by atoms with Gasteiger partial charge in [-0.15, -0.1) is 24.0 Å². The topological polar surface area (TPSA) is 37.6 Å². The van der Waals surface area contributed by atoms with E-state index in [1.165, 1.54) is 30.6 Å². The van der Waals surface area contributed by atoms with E-state index in [9.17, 15) is 4.79 Å². The van der Waals surface area contributed by atoms with Crippen molar-refractivity contribution in [3.8, 4) is 0 Å². The van der Waals surface area contributed by atoms with Crippen molar-refractivity contribution in [2.75, 3.05) is 7.05 Å². The average Bonchev–Trinajstić information content (AvgIpc) is 3.18. The molecule has 0 aliphatic heterocycles. The molecule has 0 spiro atoms. The molecule has 4 rings (SSSR count). The van der Waals surface area contributed by atoms with E-state index in [0.29, 0.717) is 11.9 Å². The van der Waals surface area contributed by atoms with Gasteiger partial charge >= 0.3 is 0 Å². The van der Waals surface area contributed by atoms with E-state index < -0.39 is 0 Å². The van der Waals surface area contributed by atoms with E-state index in [-0.39, 0.29) is 18.3 Å². The maximum atomic E-state index is 12.8. The first kappa shape index (κ1) is 18.5. The normalized spacial score (nSPS) is 15.4. The van der Waals surface area contributed by atoms with Gasteiger partial charge in [0.15, 0.2) is 4.96 Å². The van der Waals surface area contributed by atoms with Crippen LogP contribution in [0.3, 0.4) is 0 Å². The van der Waals surface area contributed by atoms with Gasteiger partial charge in [0.05, 0.1) is 11.0 Å². The number of alkyl halides is 1. The zero-order valence-corrected chi connectivity index (χ0v) is 16.5. The lowest BCUT2D eigenvalue weighted by atomic mass is 9.94. The summed E-state index contributed by atoms with van der Waals surface area (Å²) >= 11 is 7.41. The predicted octanol–water partition coefficient (Wildman–Crippen LogP) is 5.11. The minimum Gasteiger partial charge on any atom is -0.338 e. The van der Waals surface area contributed by atoms with Crippen LogP contribution in [-0.2, 0) is 5.88 Å². The molecular formula is C18H21Cl2N3OS. The molecule has 0 unspecified atom stereocenters. The molecule has 7 heteroatoms. The lowest BCUT2D eigenvalue weighted by Gasteiger charge is -2.30. The van der Waals surface area contributed by atoms with Gasteiger partial charge in [0.25, 0.3) is 5.91 Å². The fourth-order valence-electron chi connectivity index (χ4n) is 3.55. The molecule has 25 heavy (non-hydrogen) atoms. The van der Waals surface area contributed by atoms with Crippen molar-refractivity contribution in [3.05, 3.63) is 34.8 Å². The molecule has 1 saturated carbocycles. The van der Waals surface area contributed by atoms with Crippen LogP contribution in [0.2, 0.25) is 0 Å². The third-order valence-electron chi connectivity index (χ3n) is 4.98. The Morgan fingerprint density at radius 2 is 2.12 bits per heavy atom. The molecular weight excluding hydrogens is 377 g/mol. The maximum Gasteiger partial charge on any atom is 0.265 e. The number of imidazole rings is 1. The molecule has 1 amide bonds. The number of carbonyl (C=O) groups excluding carboxylic acids is 1. The fraction of sp³-hybridized carbons (Fsp3) is 0.444. The molecule has 0 atom stereocenters. The van der Waals surface area contributed by atoms with E-state index in [1.807, 2.05) is 40.7 Å². The number of nitrogens with zero attached hydrogens (tertiary/aromatic N) is 3. The predicted molar refractivity (Wildman–Crippen MR) is 106 cm³/mol. The zero-order valence-electron chi connectivity index (χ0n) is 14.1. The molecule has 4 nitrogen and oxygen atoms in total. The van der Waals surface area contributed by atoms with Crippen LogP contribution in [0.5, 0.6) is 0 Å². The van der Waals surface area contributed by atoms with Crippen molar-refractivity contribution in [2.24, 2.45) is 0 Å². The Labute approximate surface area is 162 Å². The first-order chi connectivity index (χ1) is 11.7. The van der Waals surface area contributed by atoms with Crippen LogP contribution in [0.1, 0.15) is 47.3 Å². The van der Waals surface area contributed by atoms with Gasteiger partial charge in [0, 0.05) is 25.2 Å². The van der Waals surface area contributed by atoms with Gasteiger partial charge in [0.1, 0.15) is 4.88 Å². The van der Waals surface area contributed by atoms with Crippen LogP contribution < -0.4 is 0 Å². The van der Waals surface area contributed by atoms with Crippen molar-refractivity contribution < 1.29 is 4.79 Å². The number of aromatic nitrogens is 2. The number of halogens is 2. The van der Waals surface area contributed by atoms with Gasteiger partial charge < -0.3 is 4.90 Å². The first-order valence-electron chi connectivity index (χ1n) is 8.41. The van der Waals surface area contributed by atoms with Crippen LogP contribution in [0.25, 0.3) is 16.0 Å². The largest absolute Gasteiger partial charge is 0.338 e. The molecule has 0 bridgehead atoms. The molecule has 0 N–H and O–H groups in total. The Morgan fingerprint density at radius 3 is 2.84 bits per heavy atom. The molecule has 2 aromatic heterocycles. The van der Waals surface area contributed by atoms with Crippen LogP contribution in [0.15, 0.2) is 24.4 Å². The highest BCUT2D eigenvalue weighted by molar-refractivity contribution is 7.18. The SMILES string of the molecule is CN(C(=O)c1cn2c(nc3ccc(CCl)cc32)s1)C1CCCCC1.Cl. The van der Waals surface area contributed by atoms with Gasteiger partial charge in [-0.25, -0.2) is 4.98 Å². The highest BCUT2D eigenvalue weighted by Crippen LogP contribution is 2.28. The second-order valence-corrected chi connectivity index (χ2v) is 7.80. The summed E-state index contributed by atoms with van der Waals surface area (Å²) in [7, 11) is 1.94. The summed E-state index contributed by atoms with van der Waals surface area (Å²) in [4.78, 5) is 21.0. The summed E-state index contributed by atoms with van der Waals surface area (Å²) in [6, 6.07) is 6.41. The number of thiazole rings is 1. The highest BCUT2D eigenvalue weighted by atomic mass is 35.5. The second kappa shape index (κ2) is 7.52. The number of rotatable bonds is 3. The third kappa shape index (κ3) is 3.37. The average molecular weight is 398 g/mol. The van der Waals surface area contributed by atoms with E-state index in [1.54, 1.807) is 0 Å². The Bertz CT molecular complexity index is 898. The second-order valence-electron chi connectivity index (χ2n) is 6.52. The van der Waals surface area contributed by atoms with Gasteiger partial charge in [-0.2, -0.15) is 0 Å². The Morgan fingerprint density at radius 1 is 1.36 bits per heavy atom. The quantitative estimate of drug-likeness (QED) is 0.575. The van der Waals surface area contributed by atoms with Crippen molar-refractivity contribution in [2.45, 2.75) is 44.0 Å². The molecule has 3 aromatic rings. The van der Waals surface area contributed by atoms with E-state index >= 15 is 0 Å². The number of hydrogen-bond acceptors (Lipinski definition) is 3. The number of amides is 1. The van der Waals surface area contributed by atoms with Crippen molar-refractivity contribution >= 4 is 57.2 Å². The molecule has 2 heterocycles. The first-order valence-corrected chi connectivity index (χ1v) is 9.76. The van der Waals surface area contributed by atoms with Gasteiger partial charge in [-0.3, -0.25) is 9.20 Å². The number of fused-ring (bicyclic) bond motifs is 3. The Balaban J connectivity index is 0.00000182. The minimum absolute atomic E-state index is 0. The van der Waals surface area contributed by atoms with Crippen LogP contribution in [0, 0.1) is 0 Å². The van der Waals surface area contributed by atoms with Crippen molar-refractivity contribution in [1.29, 1.82) is 0 Å². The summed E-state index contributed by atoms with van der Waals surface area (Å²) in [5.74, 6) is 0.586. The number of hydrogen-bond donors (Lipinski definition) is 0. The van der Waals surface area contributed by atoms with Gasteiger partial charge in [0.2, 0.25) is 0 Å². The van der Waals surface area contributed by atoms with Crippen LogP contribution in [-0.4, -0.2) is 33.3 Å². The maximum absolute atomic E-state index is 12.8.